The highest BCUT2D eigenvalue weighted by Crippen LogP contribution is 2.39. The van der Waals surface area contributed by atoms with Gasteiger partial charge in [-0.25, -0.2) is 4.79 Å². The third-order valence-corrected chi connectivity index (χ3v) is 4.24. The molecule has 28 heavy (non-hydrogen) atoms. The second-order valence-electron chi connectivity index (χ2n) is 6.36. The first-order valence-electron chi connectivity index (χ1n) is 8.06. The van der Waals surface area contributed by atoms with Crippen molar-refractivity contribution in [2.75, 3.05) is 11.9 Å². The molecule has 148 valence electrons. The Morgan fingerprint density at radius 1 is 1.32 bits per heavy atom. The molecule has 0 bridgehead atoms. The van der Waals surface area contributed by atoms with E-state index in [4.69, 9.17) is 4.52 Å². The molecule has 4 amide bonds. The number of carbonyl (C=O) groups is 3. The van der Waals surface area contributed by atoms with Gasteiger partial charge < -0.3 is 15.2 Å². The Balaban J connectivity index is 1.84. The number of hydrogen-bond acceptors (Lipinski definition) is 5. The van der Waals surface area contributed by atoms with E-state index in [0.717, 1.165) is 19.1 Å². The highest BCUT2D eigenvalue weighted by atomic mass is 19.4. The highest BCUT2D eigenvalue weighted by Gasteiger charge is 2.52. The first kappa shape index (κ1) is 19.4. The van der Waals surface area contributed by atoms with Crippen molar-refractivity contribution < 1.29 is 32.1 Å². The lowest BCUT2D eigenvalue weighted by Gasteiger charge is -2.25. The molecule has 0 spiro atoms. The number of benzene rings is 1. The summed E-state index contributed by atoms with van der Waals surface area (Å²) in [7, 11) is 0. The molecule has 1 aromatic carbocycles. The van der Waals surface area contributed by atoms with Gasteiger partial charge in [-0.15, -0.1) is 0 Å². The standard InChI is InChI=1S/C17H15F3N4O4/c1-9-7-12(23-28-9)21-13(25)8-24-14(26)16(2,22-15(24)27)10-5-3-4-6-11(10)17(18,19)20/h3-7H,8H2,1-2H3,(H,22,27)(H,21,23,25)/t16-/m1/s1. The van der Waals surface area contributed by atoms with E-state index >= 15 is 0 Å². The van der Waals surface area contributed by atoms with E-state index in [-0.39, 0.29) is 5.82 Å². The van der Waals surface area contributed by atoms with Crippen LogP contribution in [0.25, 0.3) is 0 Å². The molecule has 1 aliphatic rings. The van der Waals surface area contributed by atoms with Crippen LogP contribution in [0.3, 0.4) is 0 Å². The van der Waals surface area contributed by atoms with Crippen molar-refractivity contribution in [3.8, 4) is 0 Å². The molecule has 1 atom stereocenters. The Kier molecular flexibility index (Phi) is 4.61. The van der Waals surface area contributed by atoms with E-state index in [9.17, 15) is 27.6 Å². The van der Waals surface area contributed by atoms with Crippen molar-refractivity contribution in [3.05, 3.63) is 47.2 Å². The van der Waals surface area contributed by atoms with Crippen LogP contribution in [0.1, 0.15) is 23.8 Å². The zero-order chi connectivity index (χ0) is 20.7. The van der Waals surface area contributed by atoms with Crippen LogP contribution < -0.4 is 10.6 Å². The normalized spacial score (nSPS) is 19.7. The minimum absolute atomic E-state index is 0.0831. The summed E-state index contributed by atoms with van der Waals surface area (Å²) < 4.78 is 44.8. The number of aromatic nitrogens is 1. The molecule has 0 saturated carbocycles. The summed E-state index contributed by atoms with van der Waals surface area (Å²) in [6.45, 7) is 2.07. The molecular weight excluding hydrogens is 381 g/mol. The molecular formula is C17H15F3N4O4. The van der Waals surface area contributed by atoms with Gasteiger partial charge in [-0.1, -0.05) is 23.4 Å². The lowest BCUT2D eigenvalue weighted by molar-refractivity contribution is -0.140. The number of urea groups is 1. The van der Waals surface area contributed by atoms with Gasteiger partial charge in [-0.3, -0.25) is 14.5 Å². The van der Waals surface area contributed by atoms with E-state index < -0.39 is 47.2 Å². The summed E-state index contributed by atoms with van der Waals surface area (Å²) in [6, 6.07) is 4.90. The minimum Gasteiger partial charge on any atom is -0.360 e. The summed E-state index contributed by atoms with van der Waals surface area (Å²) >= 11 is 0. The summed E-state index contributed by atoms with van der Waals surface area (Å²) in [4.78, 5) is 37.6. The summed E-state index contributed by atoms with van der Waals surface area (Å²) in [6.07, 6.45) is -4.72. The van der Waals surface area contributed by atoms with Crippen LogP contribution in [-0.4, -0.2) is 34.4 Å². The van der Waals surface area contributed by atoms with Crippen molar-refractivity contribution in [1.82, 2.24) is 15.4 Å². The maximum absolute atomic E-state index is 13.3. The molecule has 1 fully saturated rings. The molecule has 0 unspecified atom stereocenters. The predicted molar refractivity (Wildman–Crippen MR) is 88.9 cm³/mol. The topological polar surface area (TPSA) is 105 Å². The van der Waals surface area contributed by atoms with Crippen LogP contribution in [0.5, 0.6) is 0 Å². The van der Waals surface area contributed by atoms with Gasteiger partial charge in [0.1, 0.15) is 17.8 Å². The fraction of sp³-hybridized carbons (Fsp3) is 0.294. The summed E-state index contributed by atoms with van der Waals surface area (Å²) in [5.41, 5.74) is -3.42. The van der Waals surface area contributed by atoms with E-state index in [0.29, 0.717) is 10.7 Å². The Labute approximate surface area is 156 Å². The highest BCUT2D eigenvalue weighted by molar-refractivity contribution is 6.10. The van der Waals surface area contributed by atoms with Crippen LogP contribution in [0, 0.1) is 6.92 Å². The second kappa shape index (κ2) is 6.66. The Morgan fingerprint density at radius 3 is 2.61 bits per heavy atom. The van der Waals surface area contributed by atoms with Crippen LogP contribution >= 0.6 is 0 Å². The lowest BCUT2D eigenvalue weighted by Crippen LogP contribution is -2.43. The zero-order valence-corrected chi connectivity index (χ0v) is 14.8. The van der Waals surface area contributed by atoms with Crippen molar-refractivity contribution in [2.24, 2.45) is 0 Å². The predicted octanol–water partition coefficient (Wildman–Crippen LogP) is 2.41. The summed E-state index contributed by atoms with van der Waals surface area (Å²) in [5.74, 6) is -1.22. The molecule has 0 radical (unpaired) electrons. The fourth-order valence-corrected chi connectivity index (χ4v) is 2.94. The minimum atomic E-state index is -4.72. The number of amides is 4. The van der Waals surface area contributed by atoms with Gasteiger partial charge in [0.2, 0.25) is 5.91 Å². The maximum atomic E-state index is 13.3. The van der Waals surface area contributed by atoms with Crippen LogP contribution in [0.4, 0.5) is 23.8 Å². The summed E-state index contributed by atoms with van der Waals surface area (Å²) in [5, 5.41) is 8.14. The van der Waals surface area contributed by atoms with Crippen LogP contribution in [-0.2, 0) is 21.3 Å². The number of alkyl halides is 3. The first-order chi connectivity index (χ1) is 13.0. The molecule has 1 aromatic heterocycles. The Hall–Kier alpha value is -3.37. The number of halogens is 3. The number of aryl methyl sites for hydroxylation is 1. The third-order valence-electron chi connectivity index (χ3n) is 4.24. The van der Waals surface area contributed by atoms with Crippen molar-refractivity contribution in [1.29, 1.82) is 0 Å². The number of rotatable bonds is 4. The van der Waals surface area contributed by atoms with Crippen molar-refractivity contribution >= 4 is 23.7 Å². The molecule has 2 N–H and O–H groups in total. The van der Waals surface area contributed by atoms with Gasteiger partial charge in [0.15, 0.2) is 5.82 Å². The monoisotopic (exact) mass is 396 g/mol. The molecule has 0 aliphatic carbocycles. The molecule has 3 rings (SSSR count). The third kappa shape index (κ3) is 3.42. The second-order valence-corrected chi connectivity index (χ2v) is 6.36. The number of carbonyl (C=O) groups excluding carboxylic acids is 3. The number of nitrogens with one attached hydrogen (secondary N) is 2. The van der Waals surface area contributed by atoms with Crippen molar-refractivity contribution in [3.63, 3.8) is 0 Å². The molecule has 2 heterocycles. The molecule has 2 aromatic rings. The van der Waals surface area contributed by atoms with Crippen LogP contribution in [0.15, 0.2) is 34.9 Å². The lowest BCUT2D eigenvalue weighted by atomic mass is 9.87. The molecule has 8 nitrogen and oxygen atoms in total. The Bertz CT molecular complexity index is 956. The molecule has 11 heteroatoms. The van der Waals surface area contributed by atoms with Gasteiger partial charge >= 0.3 is 12.2 Å². The van der Waals surface area contributed by atoms with Gasteiger partial charge in [0.25, 0.3) is 5.91 Å². The van der Waals surface area contributed by atoms with Gasteiger partial charge in [0, 0.05) is 6.07 Å². The van der Waals surface area contributed by atoms with Gasteiger partial charge in [-0.2, -0.15) is 13.2 Å². The number of anilines is 1. The number of hydrogen-bond donors (Lipinski definition) is 2. The van der Waals surface area contributed by atoms with E-state index in [1.54, 1.807) is 6.92 Å². The first-order valence-corrected chi connectivity index (χ1v) is 8.06. The Morgan fingerprint density at radius 2 is 2.00 bits per heavy atom. The molecule has 1 aliphatic heterocycles. The fourth-order valence-electron chi connectivity index (χ4n) is 2.94. The van der Waals surface area contributed by atoms with Gasteiger partial charge in [0.05, 0.1) is 5.56 Å². The number of imide groups is 1. The van der Waals surface area contributed by atoms with E-state index in [1.807, 2.05) is 0 Å². The van der Waals surface area contributed by atoms with Crippen molar-refractivity contribution in [2.45, 2.75) is 25.6 Å². The average Bonchev–Trinajstić information content (AvgIpc) is 3.11. The quantitative estimate of drug-likeness (QED) is 0.773. The molecule has 1 saturated heterocycles. The van der Waals surface area contributed by atoms with Gasteiger partial charge in [-0.05, 0) is 25.5 Å². The van der Waals surface area contributed by atoms with E-state index in [1.165, 1.54) is 18.2 Å². The maximum Gasteiger partial charge on any atom is 0.416 e. The SMILES string of the molecule is Cc1cc(NC(=O)CN2C(=O)N[C@](C)(c3ccccc3C(F)(F)F)C2=O)no1. The average molecular weight is 396 g/mol. The van der Waals surface area contributed by atoms with E-state index in [2.05, 4.69) is 15.8 Å². The number of nitrogens with zero attached hydrogens (tertiary/aromatic N) is 2. The smallest absolute Gasteiger partial charge is 0.360 e. The zero-order valence-electron chi connectivity index (χ0n) is 14.8. The van der Waals surface area contributed by atoms with Crippen LogP contribution in [0.2, 0.25) is 0 Å². The largest absolute Gasteiger partial charge is 0.416 e.